The van der Waals surface area contributed by atoms with Crippen LogP contribution in [-0.4, -0.2) is 7.11 Å². The quantitative estimate of drug-likeness (QED) is 0.533. The molecule has 0 aromatic rings. The lowest BCUT2D eigenvalue weighted by molar-refractivity contribution is 0.282. The van der Waals surface area contributed by atoms with E-state index in [1.165, 1.54) is 11.1 Å². The molecule has 2 aliphatic carbocycles. The Balaban J connectivity index is 2.36. The first-order valence-corrected chi connectivity index (χ1v) is 3.97. The van der Waals surface area contributed by atoms with Crippen LogP contribution in [0.4, 0.5) is 0 Å². The van der Waals surface area contributed by atoms with Crippen molar-refractivity contribution in [3.05, 3.63) is 53.0 Å². The third-order valence-corrected chi connectivity index (χ3v) is 2.07. The summed E-state index contributed by atoms with van der Waals surface area (Å²) < 4.78 is 5.17. The van der Waals surface area contributed by atoms with Crippen LogP contribution in [0, 0.1) is 0 Å². The molecule has 0 fully saturated rings. The monoisotopic (exact) mass is 158 g/mol. The zero-order chi connectivity index (χ0) is 8.39. The maximum absolute atomic E-state index is 5.17. The Labute approximate surface area is 72.0 Å². The molecule has 0 aromatic heterocycles. The van der Waals surface area contributed by atoms with Crippen LogP contribution < -0.4 is 0 Å². The molecule has 0 saturated carbocycles. The van der Waals surface area contributed by atoms with E-state index < -0.39 is 0 Å². The smallest absolute Gasteiger partial charge is 0.0999 e. The fourth-order valence-electron chi connectivity index (χ4n) is 1.36. The Morgan fingerprint density at radius 2 is 2.25 bits per heavy atom. The topological polar surface area (TPSA) is 9.23 Å². The van der Waals surface area contributed by atoms with Crippen LogP contribution in [-0.2, 0) is 4.74 Å². The summed E-state index contributed by atoms with van der Waals surface area (Å²) in [5.74, 6) is 1.02. The number of fused-ring (bicyclic) bond motifs is 1. The van der Waals surface area contributed by atoms with Gasteiger partial charge >= 0.3 is 0 Å². The number of ether oxygens (including phenoxy) is 1. The maximum atomic E-state index is 5.17. The molecule has 0 saturated heterocycles. The first-order valence-electron chi connectivity index (χ1n) is 3.97. The highest BCUT2D eigenvalue weighted by Crippen LogP contribution is 2.26. The Hall–Kier alpha value is -1.46. The van der Waals surface area contributed by atoms with Crippen LogP contribution in [0.3, 0.4) is 0 Å². The van der Waals surface area contributed by atoms with Crippen LogP contribution in [0.2, 0.25) is 0 Å². The van der Waals surface area contributed by atoms with Crippen LogP contribution in [0.5, 0.6) is 0 Å². The summed E-state index contributed by atoms with van der Waals surface area (Å²) in [6.07, 6.45) is 11.0. The average Bonchev–Trinajstić information content (AvgIpc) is 2.17. The zero-order valence-corrected chi connectivity index (χ0v) is 7.00. The average molecular weight is 158 g/mol. The molecule has 0 aromatic carbocycles. The Morgan fingerprint density at radius 3 is 3.08 bits per heavy atom. The predicted octanol–water partition coefficient (Wildman–Crippen LogP) is 2.50. The van der Waals surface area contributed by atoms with Gasteiger partial charge in [-0.25, -0.2) is 0 Å². The molecule has 0 spiro atoms. The normalized spacial score (nSPS) is 19.2. The summed E-state index contributed by atoms with van der Waals surface area (Å²) in [4.78, 5) is 0. The van der Waals surface area contributed by atoms with E-state index in [9.17, 15) is 0 Å². The number of hydrogen-bond donors (Lipinski definition) is 0. The summed E-state index contributed by atoms with van der Waals surface area (Å²) >= 11 is 0. The van der Waals surface area contributed by atoms with Crippen molar-refractivity contribution in [1.82, 2.24) is 0 Å². The summed E-state index contributed by atoms with van der Waals surface area (Å²) in [5.41, 5.74) is 5.61. The van der Waals surface area contributed by atoms with Crippen LogP contribution >= 0.6 is 0 Å². The van der Waals surface area contributed by atoms with Gasteiger partial charge in [-0.05, 0) is 29.4 Å². The van der Waals surface area contributed by atoms with Crippen LogP contribution in [0.1, 0.15) is 6.42 Å². The van der Waals surface area contributed by atoms with Crippen molar-refractivity contribution < 1.29 is 4.74 Å². The number of hydrogen-bond acceptors (Lipinski definition) is 1. The van der Waals surface area contributed by atoms with E-state index in [0.717, 1.165) is 12.2 Å². The third-order valence-electron chi connectivity index (χ3n) is 2.07. The Kier molecular flexibility index (Phi) is 1.73. The molecule has 2 aliphatic rings. The number of rotatable bonds is 1. The van der Waals surface area contributed by atoms with Crippen LogP contribution in [0.25, 0.3) is 0 Å². The zero-order valence-electron chi connectivity index (χ0n) is 7.00. The van der Waals surface area contributed by atoms with Gasteiger partial charge in [-0.1, -0.05) is 12.2 Å². The first-order chi connectivity index (χ1) is 5.90. The summed E-state index contributed by atoms with van der Waals surface area (Å²) in [6, 6.07) is 0. The molecule has 1 heteroatoms. The highest BCUT2D eigenvalue weighted by Gasteiger charge is 2.10. The van der Waals surface area contributed by atoms with E-state index >= 15 is 0 Å². The van der Waals surface area contributed by atoms with Gasteiger partial charge in [-0.15, -0.1) is 5.73 Å². The summed E-state index contributed by atoms with van der Waals surface area (Å²) in [5, 5.41) is 0. The lowest BCUT2D eigenvalue weighted by atomic mass is 9.94. The molecule has 60 valence electrons. The van der Waals surface area contributed by atoms with E-state index in [1.54, 1.807) is 7.11 Å². The van der Waals surface area contributed by atoms with Gasteiger partial charge < -0.3 is 4.74 Å². The molecule has 2 rings (SSSR count). The van der Waals surface area contributed by atoms with Crippen molar-refractivity contribution in [1.29, 1.82) is 0 Å². The Morgan fingerprint density at radius 1 is 1.33 bits per heavy atom. The van der Waals surface area contributed by atoms with Gasteiger partial charge in [-0.2, -0.15) is 0 Å². The van der Waals surface area contributed by atoms with Crippen molar-refractivity contribution >= 4 is 0 Å². The van der Waals surface area contributed by atoms with Crippen molar-refractivity contribution in [3.8, 4) is 0 Å². The van der Waals surface area contributed by atoms with E-state index in [0.29, 0.717) is 0 Å². The minimum atomic E-state index is 0.900. The second kappa shape index (κ2) is 2.88. The standard InChI is InChI=1S/C11H10O/c1-12-11-7-6-9-4-2-3-5-10(9)8-11/h3-7H,8H2,1H3. The lowest BCUT2D eigenvalue weighted by Gasteiger charge is -2.15. The highest BCUT2D eigenvalue weighted by molar-refractivity contribution is 5.50. The van der Waals surface area contributed by atoms with E-state index in [1.807, 2.05) is 18.2 Å². The van der Waals surface area contributed by atoms with Gasteiger partial charge in [0.1, 0.15) is 0 Å². The lowest BCUT2D eigenvalue weighted by Crippen LogP contribution is -1.98. The Bertz CT molecular complexity index is 347. The van der Waals surface area contributed by atoms with Crippen LogP contribution in [0.15, 0.2) is 53.0 Å². The van der Waals surface area contributed by atoms with Gasteiger partial charge in [0.2, 0.25) is 0 Å². The summed E-state index contributed by atoms with van der Waals surface area (Å²) in [6.45, 7) is 0. The largest absolute Gasteiger partial charge is 0.501 e. The molecule has 0 unspecified atom stereocenters. The van der Waals surface area contributed by atoms with Crippen molar-refractivity contribution in [3.63, 3.8) is 0 Å². The van der Waals surface area contributed by atoms with Gasteiger partial charge in [-0.3, -0.25) is 0 Å². The molecule has 0 atom stereocenters. The molecule has 0 N–H and O–H groups in total. The molecule has 0 bridgehead atoms. The molecule has 0 amide bonds. The van der Waals surface area contributed by atoms with Gasteiger partial charge in [0.05, 0.1) is 12.9 Å². The fraction of sp³-hybridized carbons (Fsp3) is 0.182. The molecule has 12 heavy (non-hydrogen) atoms. The first kappa shape index (κ1) is 7.20. The minimum absolute atomic E-state index is 0.900. The van der Waals surface area contributed by atoms with E-state index in [2.05, 4.69) is 17.9 Å². The van der Waals surface area contributed by atoms with Crippen molar-refractivity contribution in [2.45, 2.75) is 6.42 Å². The molecule has 1 nitrogen and oxygen atoms in total. The molecule has 0 radical (unpaired) electrons. The summed E-state index contributed by atoms with van der Waals surface area (Å²) in [7, 11) is 1.71. The van der Waals surface area contributed by atoms with E-state index in [-0.39, 0.29) is 0 Å². The number of allylic oxidation sites excluding steroid dienone is 6. The maximum Gasteiger partial charge on any atom is 0.0999 e. The van der Waals surface area contributed by atoms with Gasteiger partial charge in [0, 0.05) is 6.42 Å². The highest BCUT2D eigenvalue weighted by atomic mass is 16.5. The molecule has 0 heterocycles. The molecule has 0 aliphatic heterocycles. The van der Waals surface area contributed by atoms with Crippen molar-refractivity contribution in [2.24, 2.45) is 0 Å². The fourth-order valence-corrected chi connectivity index (χ4v) is 1.36. The van der Waals surface area contributed by atoms with Gasteiger partial charge in [0.15, 0.2) is 0 Å². The van der Waals surface area contributed by atoms with Crippen molar-refractivity contribution in [2.75, 3.05) is 7.11 Å². The molecular weight excluding hydrogens is 148 g/mol. The van der Waals surface area contributed by atoms with E-state index in [4.69, 9.17) is 4.74 Å². The molecular formula is C11H10O. The second-order valence-electron chi connectivity index (χ2n) is 2.81. The SMILES string of the molecule is COC1=CC=C2C=C=CC=C2C1. The predicted molar refractivity (Wildman–Crippen MR) is 48.5 cm³/mol. The number of methoxy groups -OCH3 is 1. The third kappa shape index (κ3) is 1.15. The second-order valence-corrected chi connectivity index (χ2v) is 2.81. The minimum Gasteiger partial charge on any atom is -0.501 e. The van der Waals surface area contributed by atoms with Gasteiger partial charge in [0.25, 0.3) is 0 Å².